The lowest BCUT2D eigenvalue weighted by molar-refractivity contribution is 0.102. The lowest BCUT2D eigenvalue weighted by Crippen LogP contribution is -2.29. The summed E-state index contributed by atoms with van der Waals surface area (Å²) in [5.74, 6) is -0.829. The number of hydrogen-bond acceptors (Lipinski definition) is 4. The summed E-state index contributed by atoms with van der Waals surface area (Å²) in [6.07, 6.45) is 1.49. The summed E-state index contributed by atoms with van der Waals surface area (Å²) in [6.45, 7) is 0.726. The van der Waals surface area contributed by atoms with Crippen LogP contribution in [0.2, 0.25) is 0 Å². The van der Waals surface area contributed by atoms with E-state index < -0.39 is 26.6 Å². The minimum absolute atomic E-state index is 0.0620. The molecule has 0 radical (unpaired) electrons. The molecule has 1 saturated heterocycles. The number of amides is 1. The Morgan fingerprint density at radius 2 is 1.88 bits per heavy atom. The Kier molecular flexibility index (Phi) is 5.24. The monoisotopic (exact) mass is 378 g/mol. The van der Waals surface area contributed by atoms with Crippen molar-refractivity contribution in [3.63, 3.8) is 0 Å². The molecular formula is C18H19FN2O4S. The zero-order valence-corrected chi connectivity index (χ0v) is 15.1. The highest BCUT2D eigenvalue weighted by Crippen LogP contribution is 2.25. The van der Waals surface area contributed by atoms with Gasteiger partial charge in [-0.25, -0.2) is 12.8 Å². The molecule has 3 rings (SSSR count). The van der Waals surface area contributed by atoms with Crippen molar-refractivity contribution in [1.29, 1.82) is 0 Å². The van der Waals surface area contributed by atoms with Gasteiger partial charge in [-0.05, 0) is 43.2 Å². The maximum Gasteiger partial charge on any atom is 0.255 e. The fourth-order valence-corrected chi connectivity index (χ4v) is 4.42. The highest BCUT2D eigenvalue weighted by atomic mass is 32.2. The number of hydrogen-bond donors (Lipinski definition) is 1. The zero-order valence-electron chi connectivity index (χ0n) is 14.2. The summed E-state index contributed by atoms with van der Waals surface area (Å²) < 4.78 is 45.7. The number of benzene rings is 2. The lowest BCUT2D eigenvalue weighted by Gasteiger charge is -2.16. The number of methoxy groups -OCH3 is 1. The molecule has 2 aromatic carbocycles. The van der Waals surface area contributed by atoms with Gasteiger partial charge in [0.2, 0.25) is 10.0 Å². The van der Waals surface area contributed by atoms with Gasteiger partial charge in [-0.3, -0.25) is 4.79 Å². The first kappa shape index (κ1) is 18.3. The van der Waals surface area contributed by atoms with Crippen LogP contribution in [0.15, 0.2) is 47.4 Å². The zero-order chi connectivity index (χ0) is 18.7. The molecule has 138 valence electrons. The third-order valence-electron chi connectivity index (χ3n) is 4.20. The Labute approximate surface area is 151 Å². The van der Waals surface area contributed by atoms with E-state index in [2.05, 4.69) is 5.32 Å². The number of halogens is 1. The van der Waals surface area contributed by atoms with Gasteiger partial charge in [-0.15, -0.1) is 0 Å². The molecule has 0 spiro atoms. The summed E-state index contributed by atoms with van der Waals surface area (Å²) in [4.78, 5) is 12.0. The molecule has 2 aromatic rings. The van der Waals surface area contributed by atoms with E-state index in [1.165, 1.54) is 17.5 Å². The Bertz CT molecular complexity index is 925. The second-order valence-corrected chi connectivity index (χ2v) is 7.85. The van der Waals surface area contributed by atoms with Crippen molar-refractivity contribution in [3.05, 3.63) is 53.8 Å². The van der Waals surface area contributed by atoms with Crippen LogP contribution in [0.3, 0.4) is 0 Å². The van der Waals surface area contributed by atoms with Gasteiger partial charge in [0.05, 0.1) is 7.11 Å². The van der Waals surface area contributed by atoms with E-state index >= 15 is 0 Å². The van der Waals surface area contributed by atoms with Crippen molar-refractivity contribution < 1.29 is 22.3 Å². The second-order valence-electron chi connectivity index (χ2n) is 5.94. The maximum absolute atomic E-state index is 14.2. The Morgan fingerprint density at radius 1 is 1.15 bits per heavy atom. The number of rotatable bonds is 5. The van der Waals surface area contributed by atoms with E-state index in [4.69, 9.17) is 4.74 Å². The van der Waals surface area contributed by atoms with Crippen molar-refractivity contribution in [2.45, 2.75) is 17.7 Å². The molecule has 8 heteroatoms. The van der Waals surface area contributed by atoms with Crippen molar-refractivity contribution in [3.8, 4) is 5.75 Å². The number of nitrogens with one attached hydrogen (secondary N) is 1. The average molecular weight is 378 g/mol. The maximum atomic E-state index is 14.2. The van der Waals surface area contributed by atoms with E-state index in [-0.39, 0.29) is 5.56 Å². The molecule has 0 aliphatic carbocycles. The van der Waals surface area contributed by atoms with Crippen LogP contribution in [0.1, 0.15) is 23.2 Å². The molecule has 1 aliphatic heterocycles. The van der Waals surface area contributed by atoms with Crippen LogP contribution in [0.25, 0.3) is 0 Å². The predicted octanol–water partition coefficient (Wildman–Crippen LogP) is 2.87. The molecule has 1 aliphatic rings. The average Bonchev–Trinajstić information content (AvgIpc) is 3.17. The molecule has 0 unspecified atom stereocenters. The molecule has 26 heavy (non-hydrogen) atoms. The first-order valence-electron chi connectivity index (χ1n) is 8.17. The molecule has 0 bridgehead atoms. The molecule has 1 fully saturated rings. The summed E-state index contributed by atoms with van der Waals surface area (Å²) in [6, 6.07) is 10.1. The predicted molar refractivity (Wildman–Crippen MR) is 95.3 cm³/mol. The molecule has 6 nitrogen and oxygen atoms in total. The molecule has 0 aromatic heterocycles. The van der Waals surface area contributed by atoms with Gasteiger partial charge in [-0.1, -0.05) is 6.07 Å². The van der Waals surface area contributed by atoms with Gasteiger partial charge >= 0.3 is 0 Å². The Balaban J connectivity index is 1.88. The normalized spacial score (nSPS) is 15.0. The van der Waals surface area contributed by atoms with Crippen molar-refractivity contribution in [2.75, 3.05) is 25.5 Å². The quantitative estimate of drug-likeness (QED) is 0.868. The SMILES string of the molecule is COc1cccc(NC(=O)c2ccc(F)c(S(=O)(=O)N3CCCC3)c2)c1. The molecule has 0 saturated carbocycles. The standard InChI is InChI=1S/C18H19FN2O4S/c1-25-15-6-4-5-14(12-15)20-18(22)13-7-8-16(19)17(11-13)26(23,24)21-9-2-3-10-21/h4-8,11-12H,2-3,9-10H2,1H3,(H,20,22). The van der Waals surface area contributed by atoms with Gasteiger partial charge in [0.25, 0.3) is 5.91 Å². The van der Waals surface area contributed by atoms with Crippen LogP contribution in [-0.4, -0.2) is 38.8 Å². The van der Waals surface area contributed by atoms with Gasteiger partial charge in [0.1, 0.15) is 16.5 Å². The number of nitrogens with zero attached hydrogens (tertiary/aromatic N) is 1. The van der Waals surface area contributed by atoms with Gasteiger partial charge in [0, 0.05) is 30.4 Å². The Morgan fingerprint density at radius 3 is 2.58 bits per heavy atom. The van der Waals surface area contributed by atoms with E-state index in [0.29, 0.717) is 24.5 Å². The number of ether oxygens (including phenoxy) is 1. The smallest absolute Gasteiger partial charge is 0.255 e. The lowest BCUT2D eigenvalue weighted by atomic mass is 10.2. The van der Waals surface area contributed by atoms with E-state index in [0.717, 1.165) is 25.0 Å². The highest BCUT2D eigenvalue weighted by Gasteiger charge is 2.30. The summed E-state index contributed by atoms with van der Waals surface area (Å²) in [7, 11) is -2.44. The minimum atomic E-state index is -3.95. The molecule has 1 N–H and O–H groups in total. The van der Waals surface area contributed by atoms with Crippen LogP contribution in [-0.2, 0) is 10.0 Å². The van der Waals surface area contributed by atoms with Crippen molar-refractivity contribution in [1.82, 2.24) is 4.31 Å². The van der Waals surface area contributed by atoms with E-state index in [9.17, 15) is 17.6 Å². The van der Waals surface area contributed by atoms with Crippen molar-refractivity contribution >= 4 is 21.6 Å². The first-order valence-corrected chi connectivity index (χ1v) is 9.61. The van der Waals surface area contributed by atoms with E-state index in [1.54, 1.807) is 24.3 Å². The fourth-order valence-electron chi connectivity index (χ4n) is 2.81. The summed E-state index contributed by atoms with van der Waals surface area (Å²) in [5.41, 5.74) is 0.551. The molecular weight excluding hydrogens is 359 g/mol. The third kappa shape index (κ3) is 3.71. The number of carbonyl (C=O) groups is 1. The van der Waals surface area contributed by atoms with Crippen LogP contribution in [0.4, 0.5) is 10.1 Å². The number of sulfonamides is 1. The van der Waals surface area contributed by atoms with Crippen LogP contribution in [0, 0.1) is 5.82 Å². The van der Waals surface area contributed by atoms with E-state index in [1.807, 2.05) is 0 Å². The number of carbonyl (C=O) groups excluding carboxylic acids is 1. The summed E-state index contributed by atoms with van der Waals surface area (Å²) >= 11 is 0. The topological polar surface area (TPSA) is 75.7 Å². The fraction of sp³-hybridized carbons (Fsp3) is 0.278. The van der Waals surface area contributed by atoms with Crippen LogP contribution in [0.5, 0.6) is 5.75 Å². The first-order chi connectivity index (χ1) is 12.4. The summed E-state index contributed by atoms with van der Waals surface area (Å²) in [5, 5.41) is 2.65. The number of anilines is 1. The van der Waals surface area contributed by atoms with Gasteiger partial charge < -0.3 is 10.1 Å². The largest absolute Gasteiger partial charge is 0.497 e. The molecule has 1 heterocycles. The minimum Gasteiger partial charge on any atom is -0.497 e. The van der Waals surface area contributed by atoms with Crippen LogP contribution < -0.4 is 10.1 Å². The van der Waals surface area contributed by atoms with Gasteiger partial charge in [0.15, 0.2) is 0 Å². The molecule has 0 atom stereocenters. The van der Waals surface area contributed by atoms with Crippen LogP contribution >= 0.6 is 0 Å². The van der Waals surface area contributed by atoms with Crippen molar-refractivity contribution in [2.24, 2.45) is 0 Å². The molecule has 1 amide bonds. The van der Waals surface area contributed by atoms with Gasteiger partial charge in [-0.2, -0.15) is 4.31 Å². The third-order valence-corrected chi connectivity index (χ3v) is 6.12. The highest BCUT2D eigenvalue weighted by molar-refractivity contribution is 7.89. The second kappa shape index (κ2) is 7.43. The Hall–Kier alpha value is -2.45.